The monoisotopic (exact) mass is 284 g/mol. The van der Waals surface area contributed by atoms with Crippen LogP contribution in [0.1, 0.15) is 16.1 Å². The smallest absolute Gasteiger partial charge is 0.221 e. The minimum absolute atomic E-state index is 0.0134. The number of hydrogen-bond donors (Lipinski definition) is 0. The average Bonchev–Trinajstić information content (AvgIpc) is 2.92. The standard InChI is InChI=1S/C17H10F2O2/c18-13-6-3-5-11(17(13)19)8-9-14(20)16-10-12-4-1-2-7-15(12)21-16/h1-10H. The number of benzene rings is 2. The van der Waals surface area contributed by atoms with Gasteiger partial charge >= 0.3 is 0 Å². The van der Waals surface area contributed by atoms with Gasteiger partial charge in [-0.05, 0) is 30.4 Å². The van der Waals surface area contributed by atoms with Gasteiger partial charge in [-0.2, -0.15) is 0 Å². The van der Waals surface area contributed by atoms with Crippen molar-refractivity contribution in [2.45, 2.75) is 0 Å². The molecule has 1 heterocycles. The molecular formula is C17H10F2O2. The van der Waals surface area contributed by atoms with Gasteiger partial charge in [-0.25, -0.2) is 8.78 Å². The van der Waals surface area contributed by atoms with Gasteiger partial charge in [-0.1, -0.05) is 30.3 Å². The lowest BCUT2D eigenvalue weighted by Crippen LogP contribution is -1.92. The first-order valence-electron chi connectivity index (χ1n) is 6.30. The zero-order chi connectivity index (χ0) is 14.8. The van der Waals surface area contributed by atoms with Crippen LogP contribution < -0.4 is 0 Å². The fourth-order valence-electron chi connectivity index (χ4n) is 2.00. The van der Waals surface area contributed by atoms with Crippen molar-refractivity contribution in [1.82, 2.24) is 0 Å². The first kappa shape index (κ1) is 13.2. The van der Waals surface area contributed by atoms with Gasteiger partial charge in [0.1, 0.15) is 5.58 Å². The molecule has 0 radical (unpaired) electrons. The van der Waals surface area contributed by atoms with Crippen LogP contribution in [0.3, 0.4) is 0 Å². The Balaban J connectivity index is 1.88. The van der Waals surface area contributed by atoms with Crippen LogP contribution in [0.5, 0.6) is 0 Å². The average molecular weight is 284 g/mol. The third-order valence-corrected chi connectivity index (χ3v) is 3.06. The quantitative estimate of drug-likeness (QED) is 0.519. The summed E-state index contributed by atoms with van der Waals surface area (Å²) in [5.41, 5.74) is 0.616. The van der Waals surface area contributed by atoms with Crippen LogP contribution in [0.2, 0.25) is 0 Å². The van der Waals surface area contributed by atoms with Crippen LogP contribution in [-0.4, -0.2) is 5.78 Å². The summed E-state index contributed by atoms with van der Waals surface area (Å²) < 4.78 is 31.9. The van der Waals surface area contributed by atoms with E-state index in [1.807, 2.05) is 12.1 Å². The van der Waals surface area contributed by atoms with Crippen LogP contribution in [0.25, 0.3) is 17.0 Å². The summed E-state index contributed by atoms with van der Waals surface area (Å²) in [5, 5.41) is 0.811. The number of furan rings is 1. The highest BCUT2D eigenvalue weighted by molar-refractivity contribution is 6.06. The van der Waals surface area contributed by atoms with E-state index >= 15 is 0 Å². The lowest BCUT2D eigenvalue weighted by Gasteiger charge is -1.96. The van der Waals surface area contributed by atoms with Gasteiger partial charge in [-0.3, -0.25) is 4.79 Å². The zero-order valence-corrected chi connectivity index (χ0v) is 10.8. The fraction of sp³-hybridized carbons (Fsp3) is 0. The maximum Gasteiger partial charge on any atom is 0.221 e. The van der Waals surface area contributed by atoms with Crippen LogP contribution >= 0.6 is 0 Å². The number of carbonyl (C=O) groups excluding carboxylic acids is 1. The first-order chi connectivity index (χ1) is 10.1. The molecule has 0 spiro atoms. The highest BCUT2D eigenvalue weighted by Gasteiger charge is 2.10. The number of allylic oxidation sites excluding steroid dienone is 1. The summed E-state index contributed by atoms with van der Waals surface area (Å²) >= 11 is 0. The lowest BCUT2D eigenvalue weighted by molar-refractivity contribution is 0.102. The minimum atomic E-state index is -0.980. The Bertz CT molecular complexity index is 814. The number of para-hydroxylation sites is 1. The second-order valence-corrected chi connectivity index (χ2v) is 4.49. The summed E-state index contributed by atoms with van der Waals surface area (Å²) in [4.78, 5) is 12.0. The topological polar surface area (TPSA) is 30.2 Å². The van der Waals surface area contributed by atoms with Crippen molar-refractivity contribution in [2.75, 3.05) is 0 Å². The Hall–Kier alpha value is -2.75. The SMILES string of the molecule is O=C(C=Cc1cccc(F)c1F)c1cc2ccccc2o1. The highest BCUT2D eigenvalue weighted by atomic mass is 19.2. The Morgan fingerprint density at radius 3 is 2.67 bits per heavy atom. The van der Waals surface area contributed by atoms with Gasteiger partial charge in [0.15, 0.2) is 17.4 Å². The zero-order valence-electron chi connectivity index (χ0n) is 10.8. The van der Waals surface area contributed by atoms with Gasteiger partial charge in [0, 0.05) is 10.9 Å². The normalized spacial score (nSPS) is 11.3. The Morgan fingerprint density at radius 2 is 1.86 bits per heavy atom. The summed E-state index contributed by atoms with van der Waals surface area (Å²) in [5.74, 6) is -2.18. The summed E-state index contributed by atoms with van der Waals surface area (Å²) in [7, 11) is 0. The molecule has 0 saturated heterocycles. The Labute approximate surface area is 119 Å². The van der Waals surface area contributed by atoms with E-state index in [9.17, 15) is 13.6 Å². The molecule has 2 aromatic carbocycles. The molecule has 0 N–H and O–H groups in total. The number of carbonyl (C=O) groups is 1. The molecule has 2 nitrogen and oxygen atoms in total. The van der Waals surface area contributed by atoms with Crippen molar-refractivity contribution in [3.05, 3.63) is 77.6 Å². The molecule has 0 fully saturated rings. The number of fused-ring (bicyclic) bond motifs is 1. The molecule has 0 saturated carbocycles. The van der Waals surface area contributed by atoms with Crippen molar-refractivity contribution in [3.63, 3.8) is 0 Å². The molecule has 21 heavy (non-hydrogen) atoms. The molecule has 0 amide bonds. The molecule has 0 unspecified atom stereocenters. The van der Waals surface area contributed by atoms with Gasteiger partial charge in [0.05, 0.1) is 0 Å². The van der Waals surface area contributed by atoms with Crippen molar-refractivity contribution in [3.8, 4) is 0 Å². The predicted octanol–water partition coefficient (Wildman–Crippen LogP) is 4.61. The maximum absolute atomic E-state index is 13.5. The highest BCUT2D eigenvalue weighted by Crippen LogP contribution is 2.20. The van der Waals surface area contributed by atoms with E-state index in [1.165, 1.54) is 18.2 Å². The molecule has 0 bridgehead atoms. The van der Waals surface area contributed by atoms with Crippen molar-refractivity contribution >= 4 is 22.8 Å². The van der Waals surface area contributed by atoms with E-state index in [1.54, 1.807) is 18.2 Å². The number of halogens is 2. The molecule has 1 aromatic heterocycles. The fourth-order valence-corrected chi connectivity index (χ4v) is 2.00. The summed E-state index contributed by atoms with van der Waals surface area (Å²) in [6, 6.07) is 12.6. The van der Waals surface area contributed by atoms with Crippen LogP contribution in [0.15, 0.2) is 59.0 Å². The van der Waals surface area contributed by atoms with Crippen molar-refractivity contribution in [1.29, 1.82) is 0 Å². The van der Waals surface area contributed by atoms with Crippen LogP contribution in [0.4, 0.5) is 8.78 Å². The lowest BCUT2D eigenvalue weighted by atomic mass is 10.1. The predicted molar refractivity (Wildman–Crippen MR) is 75.9 cm³/mol. The van der Waals surface area contributed by atoms with Gasteiger partial charge in [0.25, 0.3) is 0 Å². The van der Waals surface area contributed by atoms with Crippen molar-refractivity contribution < 1.29 is 18.0 Å². The molecule has 104 valence electrons. The largest absolute Gasteiger partial charge is 0.453 e. The molecule has 3 aromatic rings. The molecule has 0 atom stereocenters. The maximum atomic E-state index is 13.5. The second kappa shape index (κ2) is 5.32. The van der Waals surface area contributed by atoms with E-state index < -0.39 is 17.4 Å². The third kappa shape index (κ3) is 2.60. The van der Waals surface area contributed by atoms with E-state index in [-0.39, 0.29) is 11.3 Å². The second-order valence-electron chi connectivity index (χ2n) is 4.49. The Morgan fingerprint density at radius 1 is 1.05 bits per heavy atom. The third-order valence-electron chi connectivity index (χ3n) is 3.06. The molecule has 3 rings (SSSR count). The van der Waals surface area contributed by atoms with E-state index in [0.29, 0.717) is 5.58 Å². The summed E-state index contributed by atoms with van der Waals surface area (Å²) in [6.07, 6.45) is 2.39. The van der Waals surface area contributed by atoms with Crippen LogP contribution in [0, 0.1) is 11.6 Å². The number of ketones is 1. The molecular weight excluding hydrogens is 274 g/mol. The molecule has 0 aliphatic heterocycles. The Kier molecular flexibility index (Phi) is 3.36. The van der Waals surface area contributed by atoms with E-state index in [4.69, 9.17) is 4.42 Å². The van der Waals surface area contributed by atoms with E-state index in [0.717, 1.165) is 17.5 Å². The van der Waals surface area contributed by atoms with Gasteiger partial charge in [0.2, 0.25) is 5.78 Å². The minimum Gasteiger partial charge on any atom is -0.453 e. The summed E-state index contributed by atoms with van der Waals surface area (Å²) in [6.45, 7) is 0. The van der Waals surface area contributed by atoms with Crippen molar-refractivity contribution in [2.24, 2.45) is 0 Å². The van der Waals surface area contributed by atoms with Gasteiger partial charge < -0.3 is 4.42 Å². The molecule has 4 heteroatoms. The van der Waals surface area contributed by atoms with E-state index in [2.05, 4.69) is 0 Å². The van der Waals surface area contributed by atoms with Gasteiger partial charge in [-0.15, -0.1) is 0 Å². The molecule has 0 aliphatic rings. The number of rotatable bonds is 3. The number of hydrogen-bond acceptors (Lipinski definition) is 2. The molecule has 0 aliphatic carbocycles. The van der Waals surface area contributed by atoms with Crippen LogP contribution in [-0.2, 0) is 0 Å². The first-order valence-corrected chi connectivity index (χ1v) is 6.30.